The molecule has 0 fully saturated rings. The van der Waals surface area contributed by atoms with E-state index in [0.29, 0.717) is 11.9 Å². The summed E-state index contributed by atoms with van der Waals surface area (Å²) in [6.45, 7) is 6.72. The number of rotatable bonds is 6. The average Bonchev–Trinajstić information content (AvgIpc) is 2.82. The molecule has 20 heavy (non-hydrogen) atoms. The lowest BCUT2D eigenvalue weighted by molar-refractivity contribution is 0.466. The van der Waals surface area contributed by atoms with Crippen LogP contribution in [0.15, 0.2) is 16.5 Å². The maximum absolute atomic E-state index is 5.90. The number of hydrogen-bond donors (Lipinski definition) is 2. The fourth-order valence-corrected chi connectivity index (χ4v) is 1.84. The topological polar surface area (TPSA) is 75.9 Å². The number of hydrogen-bond acceptors (Lipinski definition) is 6. The monoisotopic (exact) mass is 295 g/mol. The van der Waals surface area contributed by atoms with Gasteiger partial charge >= 0.3 is 0 Å². The van der Waals surface area contributed by atoms with E-state index in [-0.39, 0.29) is 11.3 Å². The van der Waals surface area contributed by atoms with Gasteiger partial charge in [0, 0.05) is 6.54 Å². The summed E-state index contributed by atoms with van der Waals surface area (Å²) in [6, 6.07) is 3.79. The van der Waals surface area contributed by atoms with Crippen LogP contribution >= 0.6 is 11.6 Å². The lowest BCUT2D eigenvalue weighted by atomic mass is 10.2. The lowest BCUT2D eigenvalue weighted by Crippen LogP contribution is -2.12. The zero-order valence-electron chi connectivity index (χ0n) is 11.8. The molecule has 0 saturated heterocycles. The Balaban J connectivity index is 2.10. The Morgan fingerprint density at radius 2 is 2.00 bits per heavy atom. The molecule has 0 radical (unpaired) electrons. The first-order chi connectivity index (χ1) is 9.58. The number of furan rings is 1. The first kappa shape index (κ1) is 14.6. The maximum atomic E-state index is 5.90. The first-order valence-corrected chi connectivity index (χ1v) is 6.94. The highest BCUT2D eigenvalue weighted by atomic mass is 35.5. The number of halogens is 1. The Hall–Kier alpha value is -1.82. The number of anilines is 2. The quantitative estimate of drug-likeness (QED) is 0.850. The molecule has 1 unspecified atom stereocenters. The summed E-state index contributed by atoms with van der Waals surface area (Å²) >= 11 is 5.90. The predicted molar refractivity (Wildman–Crippen MR) is 79.1 cm³/mol. The van der Waals surface area contributed by atoms with Crippen molar-refractivity contribution in [1.82, 2.24) is 15.0 Å². The molecule has 0 bridgehead atoms. The highest BCUT2D eigenvalue weighted by Gasteiger charge is 2.12. The van der Waals surface area contributed by atoms with Crippen LogP contribution in [0.5, 0.6) is 0 Å². The van der Waals surface area contributed by atoms with Crippen LogP contribution in [0.25, 0.3) is 0 Å². The SMILES string of the molecule is CCCNc1nc(Cl)nc(NC(C)c2ccc(C)o2)n1. The molecule has 6 nitrogen and oxygen atoms in total. The van der Waals surface area contributed by atoms with Gasteiger partial charge in [-0.25, -0.2) is 0 Å². The highest BCUT2D eigenvalue weighted by Crippen LogP contribution is 2.20. The number of nitrogens with zero attached hydrogens (tertiary/aromatic N) is 3. The first-order valence-electron chi connectivity index (χ1n) is 6.56. The molecule has 2 rings (SSSR count). The summed E-state index contributed by atoms with van der Waals surface area (Å²) in [7, 11) is 0. The van der Waals surface area contributed by atoms with E-state index in [4.69, 9.17) is 16.0 Å². The van der Waals surface area contributed by atoms with Crippen molar-refractivity contribution in [2.75, 3.05) is 17.2 Å². The van der Waals surface area contributed by atoms with Gasteiger partial charge in [-0.15, -0.1) is 0 Å². The third-order valence-electron chi connectivity index (χ3n) is 2.67. The van der Waals surface area contributed by atoms with Crippen LogP contribution in [-0.2, 0) is 0 Å². The van der Waals surface area contributed by atoms with E-state index in [9.17, 15) is 0 Å². The van der Waals surface area contributed by atoms with Crippen molar-refractivity contribution in [2.24, 2.45) is 0 Å². The molecule has 0 aromatic carbocycles. The third-order valence-corrected chi connectivity index (χ3v) is 2.84. The minimum Gasteiger partial charge on any atom is -0.464 e. The molecule has 0 aliphatic rings. The van der Waals surface area contributed by atoms with Crippen molar-refractivity contribution < 1.29 is 4.42 Å². The second-order valence-corrected chi connectivity index (χ2v) is 4.83. The summed E-state index contributed by atoms with van der Waals surface area (Å²) in [4.78, 5) is 12.4. The molecule has 0 spiro atoms. The summed E-state index contributed by atoms with van der Waals surface area (Å²) < 4.78 is 5.56. The van der Waals surface area contributed by atoms with Gasteiger partial charge in [0.05, 0.1) is 6.04 Å². The second kappa shape index (κ2) is 6.56. The van der Waals surface area contributed by atoms with Crippen LogP contribution in [-0.4, -0.2) is 21.5 Å². The minimum atomic E-state index is -0.0545. The van der Waals surface area contributed by atoms with E-state index in [1.165, 1.54) is 0 Å². The van der Waals surface area contributed by atoms with Crippen LogP contribution in [0.1, 0.15) is 37.8 Å². The molecule has 0 amide bonds. The third kappa shape index (κ3) is 3.84. The van der Waals surface area contributed by atoms with Crippen molar-refractivity contribution in [1.29, 1.82) is 0 Å². The van der Waals surface area contributed by atoms with Gasteiger partial charge in [0.25, 0.3) is 0 Å². The Kier molecular flexibility index (Phi) is 4.79. The van der Waals surface area contributed by atoms with Crippen LogP contribution in [0, 0.1) is 6.92 Å². The van der Waals surface area contributed by atoms with Crippen molar-refractivity contribution >= 4 is 23.5 Å². The summed E-state index contributed by atoms with van der Waals surface area (Å²) in [5, 5.41) is 6.39. The molecule has 108 valence electrons. The van der Waals surface area contributed by atoms with Crippen molar-refractivity contribution in [2.45, 2.75) is 33.2 Å². The molecular formula is C13H18ClN5O. The highest BCUT2D eigenvalue weighted by molar-refractivity contribution is 6.28. The average molecular weight is 296 g/mol. The van der Waals surface area contributed by atoms with Crippen molar-refractivity contribution in [3.05, 3.63) is 28.9 Å². The summed E-state index contributed by atoms with van der Waals surface area (Å²) in [5.41, 5.74) is 0. The smallest absolute Gasteiger partial charge is 0.229 e. The molecule has 7 heteroatoms. The molecule has 0 aliphatic carbocycles. The minimum absolute atomic E-state index is 0.0545. The normalized spacial score (nSPS) is 12.2. The van der Waals surface area contributed by atoms with Gasteiger partial charge in [0.15, 0.2) is 0 Å². The molecule has 1 atom stereocenters. The van der Waals surface area contributed by atoms with Crippen LogP contribution < -0.4 is 10.6 Å². The van der Waals surface area contributed by atoms with Gasteiger partial charge in [-0.05, 0) is 44.0 Å². The van der Waals surface area contributed by atoms with Crippen LogP contribution in [0.4, 0.5) is 11.9 Å². The van der Waals surface area contributed by atoms with Gasteiger partial charge in [-0.1, -0.05) is 6.92 Å². The molecule has 2 aromatic heterocycles. The zero-order chi connectivity index (χ0) is 14.5. The van der Waals surface area contributed by atoms with Crippen LogP contribution in [0.2, 0.25) is 5.28 Å². The summed E-state index contributed by atoms with van der Waals surface area (Å²) in [6.07, 6.45) is 0.980. The van der Waals surface area contributed by atoms with E-state index in [2.05, 4.69) is 32.5 Å². The van der Waals surface area contributed by atoms with Gasteiger partial charge in [-0.3, -0.25) is 0 Å². The lowest BCUT2D eigenvalue weighted by Gasteiger charge is -2.12. The Morgan fingerprint density at radius 1 is 1.25 bits per heavy atom. The largest absolute Gasteiger partial charge is 0.464 e. The van der Waals surface area contributed by atoms with E-state index >= 15 is 0 Å². The van der Waals surface area contributed by atoms with Gasteiger partial charge in [-0.2, -0.15) is 15.0 Å². The molecular weight excluding hydrogens is 278 g/mol. The zero-order valence-corrected chi connectivity index (χ0v) is 12.5. The summed E-state index contributed by atoms with van der Waals surface area (Å²) in [5.74, 6) is 2.58. The Morgan fingerprint density at radius 3 is 2.65 bits per heavy atom. The van der Waals surface area contributed by atoms with Crippen LogP contribution in [0.3, 0.4) is 0 Å². The van der Waals surface area contributed by atoms with E-state index < -0.39 is 0 Å². The molecule has 2 aromatic rings. The van der Waals surface area contributed by atoms with E-state index in [0.717, 1.165) is 24.5 Å². The van der Waals surface area contributed by atoms with E-state index in [1.807, 2.05) is 26.0 Å². The number of aryl methyl sites for hydroxylation is 1. The standard InChI is InChI=1S/C13H18ClN5O/c1-4-7-15-12-17-11(14)18-13(19-12)16-9(3)10-6-5-8(2)20-10/h5-6,9H,4,7H2,1-3H3,(H2,15,16,17,18,19). The molecule has 2 N–H and O–H groups in total. The Labute approximate surface area is 123 Å². The van der Waals surface area contributed by atoms with E-state index in [1.54, 1.807) is 0 Å². The fourth-order valence-electron chi connectivity index (χ4n) is 1.68. The predicted octanol–water partition coefficient (Wildman–Crippen LogP) is 3.42. The van der Waals surface area contributed by atoms with Gasteiger partial charge in [0.1, 0.15) is 11.5 Å². The number of nitrogens with one attached hydrogen (secondary N) is 2. The molecule has 0 saturated carbocycles. The van der Waals surface area contributed by atoms with Gasteiger partial charge < -0.3 is 15.1 Å². The van der Waals surface area contributed by atoms with Crippen molar-refractivity contribution in [3.63, 3.8) is 0 Å². The van der Waals surface area contributed by atoms with Crippen molar-refractivity contribution in [3.8, 4) is 0 Å². The molecule has 2 heterocycles. The Bertz CT molecular complexity index is 572. The molecule has 0 aliphatic heterocycles. The van der Waals surface area contributed by atoms with Gasteiger partial charge in [0.2, 0.25) is 17.2 Å². The maximum Gasteiger partial charge on any atom is 0.229 e. The number of aromatic nitrogens is 3. The second-order valence-electron chi connectivity index (χ2n) is 4.49. The fraction of sp³-hybridized carbons (Fsp3) is 0.462.